The fourth-order valence-corrected chi connectivity index (χ4v) is 4.30. The van der Waals surface area contributed by atoms with Crippen LogP contribution in [0.2, 0.25) is 0 Å². The topological polar surface area (TPSA) is 76.5 Å². The minimum Gasteiger partial charge on any atom is -0.376 e. The van der Waals surface area contributed by atoms with Gasteiger partial charge in [0.1, 0.15) is 6.04 Å². The highest BCUT2D eigenvalue weighted by atomic mass is 16.5. The van der Waals surface area contributed by atoms with Crippen molar-refractivity contribution < 1.29 is 14.3 Å². The number of carbonyl (C=O) groups excluding carboxylic acids is 2. The number of imidazole rings is 1. The first-order valence-corrected chi connectivity index (χ1v) is 10.4. The van der Waals surface area contributed by atoms with Crippen molar-refractivity contribution in [3.63, 3.8) is 0 Å². The van der Waals surface area contributed by atoms with Crippen molar-refractivity contribution in [2.75, 3.05) is 18.1 Å². The second-order valence-corrected chi connectivity index (χ2v) is 7.84. The Morgan fingerprint density at radius 2 is 1.93 bits per heavy atom. The number of carbonyl (C=O) groups is 2. The Morgan fingerprint density at radius 3 is 2.73 bits per heavy atom. The molecule has 7 nitrogen and oxygen atoms in total. The van der Waals surface area contributed by atoms with Gasteiger partial charge in [-0.25, -0.2) is 4.98 Å². The van der Waals surface area contributed by atoms with E-state index in [9.17, 15) is 9.59 Å². The third-order valence-corrected chi connectivity index (χ3v) is 5.80. The molecule has 1 saturated heterocycles. The predicted octanol–water partition coefficient (Wildman–Crippen LogP) is 2.81. The maximum absolute atomic E-state index is 13.3. The quantitative estimate of drug-likeness (QED) is 0.685. The molecule has 2 amide bonds. The lowest BCUT2D eigenvalue weighted by Crippen LogP contribution is -2.37. The summed E-state index contributed by atoms with van der Waals surface area (Å²) in [5, 5.41) is 2.94. The third kappa shape index (κ3) is 3.45. The Kier molecular flexibility index (Phi) is 4.96. The number of para-hydroxylation sites is 2. The van der Waals surface area contributed by atoms with Crippen molar-refractivity contribution in [1.82, 2.24) is 14.9 Å². The summed E-state index contributed by atoms with van der Waals surface area (Å²) in [7, 11) is 0. The summed E-state index contributed by atoms with van der Waals surface area (Å²) in [6.45, 7) is 1.65. The Hall–Kier alpha value is -3.19. The van der Waals surface area contributed by atoms with Gasteiger partial charge < -0.3 is 10.1 Å². The van der Waals surface area contributed by atoms with Crippen LogP contribution in [0.15, 0.2) is 54.6 Å². The van der Waals surface area contributed by atoms with Crippen LogP contribution in [-0.4, -0.2) is 40.6 Å². The number of anilines is 1. The molecule has 2 aromatic carbocycles. The van der Waals surface area contributed by atoms with E-state index < -0.39 is 6.04 Å². The van der Waals surface area contributed by atoms with Gasteiger partial charge in [0.15, 0.2) is 0 Å². The van der Waals surface area contributed by atoms with E-state index >= 15 is 0 Å². The molecule has 0 spiro atoms. The summed E-state index contributed by atoms with van der Waals surface area (Å²) in [4.78, 5) is 32.4. The van der Waals surface area contributed by atoms with Crippen LogP contribution in [0.4, 0.5) is 5.95 Å². The molecule has 2 aliphatic heterocycles. The zero-order valence-corrected chi connectivity index (χ0v) is 16.7. The van der Waals surface area contributed by atoms with Gasteiger partial charge in [0.25, 0.3) is 5.91 Å². The van der Waals surface area contributed by atoms with Crippen LogP contribution in [0.5, 0.6) is 0 Å². The lowest BCUT2D eigenvalue weighted by molar-refractivity contribution is -0.127. The normalized spacial score (nSPS) is 20.7. The number of rotatable bonds is 6. The van der Waals surface area contributed by atoms with Gasteiger partial charge >= 0.3 is 0 Å². The molecule has 1 fully saturated rings. The van der Waals surface area contributed by atoms with E-state index in [-0.39, 0.29) is 24.3 Å². The summed E-state index contributed by atoms with van der Waals surface area (Å²) in [6.07, 6.45) is 2.05. The maximum atomic E-state index is 13.3. The van der Waals surface area contributed by atoms with Crippen LogP contribution in [0.25, 0.3) is 11.0 Å². The number of nitrogens with one attached hydrogen (secondary N) is 1. The SMILES string of the molecule is O=C(C[C@H]1C(=O)N(C[C@H]2CCCO2)c2nc3ccccc3n21)NCc1ccccc1. The number of ether oxygens (including phenoxy) is 1. The average Bonchev–Trinajstić information content (AvgIpc) is 3.47. The summed E-state index contributed by atoms with van der Waals surface area (Å²) >= 11 is 0. The molecular weight excluding hydrogens is 380 g/mol. The highest BCUT2D eigenvalue weighted by Crippen LogP contribution is 2.37. The van der Waals surface area contributed by atoms with Gasteiger partial charge in [-0.15, -0.1) is 0 Å². The zero-order valence-electron chi connectivity index (χ0n) is 16.7. The molecule has 7 heteroatoms. The first-order chi connectivity index (χ1) is 14.7. The van der Waals surface area contributed by atoms with Crippen molar-refractivity contribution in [1.29, 1.82) is 0 Å². The Morgan fingerprint density at radius 1 is 1.13 bits per heavy atom. The van der Waals surface area contributed by atoms with E-state index in [4.69, 9.17) is 9.72 Å². The third-order valence-electron chi connectivity index (χ3n) is 5.80. The summed E-state index contributed by atoms with van der Waals surface area (Å²) in [5.41, 5.74) is 2.72. The lowest BCUT2D eigenvalue weighted by atomic mass is 10.1. The van der Waals surface area contributed by atoms with Crippen LogP contribution in [0.1, 0.15) is 30.9 Å². The molecule has 0 radical (unpaired) electrons. The zero-order chi connectivity index (χ0) is 20.5. The molecular formula is C23H24N4O3. The molecule has 2 atom stereocenters. The first kappa shape index (κ1) is 18.8. The average molecular weight is 404 g/mol. The Balaban J connectivity index is 1.39. The molecule has 3 aromatic rings. The number of benzene rings is 2. The molecule has 0 saturated carbocycles. The molecule has 0 aliphatic carbocycles. The van der Waals surface area contributed by atoms with Crippen LogP contribution in [0.3, 0.4) is 0 Å². The number of fused-ring (bicyclic) bond motifs is 3. The second kappa shape index (κ2) is 7.91. The molecule has 1 N–H and O–H groups in total. The van der Waals surface area contributed by atoms with Crippen molar-refractivity contribution in [2.45, 2.75) is 38.0 Å². The van der Waals surface area contributed by atoms with Crippen molar-refractivity contribution in [2.24, 2.45) is 0 Å². The van der Waals surface area contributed by atoms with Crippen LogP contribution in [-0.2, 0) is 20.9 Å². The minimum absolute atomic E-state index is 0.0212. The van der Waals surface area contributed by atoms with Gasteiger partial charge in [-0.05, 0) is 30.5 Å². The van der Waals surface area contributed by atoms with Gasteiger partial charge in [-0.1, -0.05) is 42.5 Å². The summed E-state index contributed by atoms with van der Waals surface area (Å²) in [6, 6.07) is 16.9. The molecule has 5 rings (SSSR count). The summed E-state index contributed by atoms with van der Waals surface area (Å²) < 4.78 is 7.66. The number of hydrogen-bond acceptors (Lipinski definition) is 4. The number of amides is 2. The van der Waals surface area contributed by atoms with Crippen LogP contribution < -0.4 is 10.2 Å². The van der Waals surface area contributed by atoms with E-state index in [0.717, 1.165) is 36.0 Å². The van der Waals surface area contributed by atoms with E-state index in [1.807, 2.05) is 59.2 Å². The van der Waals surface area contributed by atoms with E-state index in [2.05, 4.69) is 5.32 Å². The molecule has 30 heavy (non-hydrogen) atoms. The summed E-state index contributed by atoms with van der Waals surface area (Å²) in [5.74, 6) is 0.367. The smallest absolute Gasteiger partial charge is 0.253 e. The van der Waals surface area contributed by atoms with Crippen molar-refractivity contribution in [3.8, 4) is 0 Å². The van der Waals surface area contributed by atoms with Gasteiger partial charge in [0.2, 0.25) is 11.9 Å². The fraction of sp³-hybridized carbons (Fsp3) is 0.348. The van der Waals surface area contributed by atoms with E-state index in [0.29, 0.717) is 19.0 Å². The van der Waals surface area contributed by atoms with Crippen molar-refractivity contribution in [3.05, 3.63) is 60.2 Å². The molecule has 0 unspecified atom stereocenters. The van der Waals surface area contributed by atoms with Crippen molar-refractivity contribution >= 4 is 28.8 Å². The minimum atomic E-state index is -0.593. The monoisotopic (exact) mass is 404 g/mol. The second-order valence-electron chi connectivity index (χ2n) is 7.84. The van der Waals surface area contributed by atoms with Gasteiger partial charge in [-0.2, -0.15) is 0 Å². The van der Waals surface area contributed by atoms with E-state index in [1.165, 1.54) is 0 Å². The van der Waals surface area contributed by atoms with Gasteiger partial charge in [0, 0.05) is 13.2 Å². The molecule has 1 aromatic heterocycles. The highest BCUT2D eigenvalue weighted by molar-refractivity contribution is 6.03. The van der Waals surface area contributed by atoms with Gasteiger partial charge in [0.05, 0.1) is 30.1 Å². The standard InChI is InChI=1S/C23H24N4O3/c28-21(24-14-16-7-2-1-3-8-16)13-20-22(29)26(15-17-9-6-12-30-17)23-25-18-10-4-5-11-19(18)27(20)23/h1-5,7-8,10-11,17,20H,6,9,12-15H2,(H,24,28)/t17-,20+/m1/s1. The van der Waals surface area contributed by atoms with E-state index in [1.54, 1.807) is 4.90 Å². The Bertz CT molecular complexity index is 1070. The maximum Gasteiger partial charge on any atom is 0.253 e. The molecule has 0 bridgehead atoms. The Labute approximate surface area is 174 Å². The largest absolute Gasteiger partial charge is 0.376 e. The molecule has 2 aliphatic rings. The fourth-order valence-electron chi connectivity index (χ4n) is 4.30. The number of hydrogen-bond donors (Lipinski definition) is 1. The highest BCUT2D eigenvalue weighted by Gasteiger charge is 2.42. The molecule has 154 valence electrons. The first-order valence-electron chi connectivity index (χ1n) is 10.4. The van der Waals surface area contributed by atoms with Gasteiger partial charge in [-0.3, -0.25) is 19.1 Å². The lowest BCUT2D eigenvalue weighted by Gasteiger charge is -2.19. The number of nitrogens with zero attached hydrogens (tertiary/aromatic N) is 3. The van der Waals surface area contributed by atoms with Crippen LogP contribution in [0, 0.1) is 0 Å². The molecule has 3 heterocycles. The number of aromatic nitrogens is 2. The predicted molar refractivity (Wildman–Crippen MR) is 113 cm³/mol. The van der Waals surface area contributed by atoms with Crippen LogP contribution >= 0.6 is 0 Å².